The second-order valence-corrected chi connectivity index (χ2v) is 5.65. The van der Waals surface area contributed by atoms with Gasteiger partial charge in [-0.3, -0.25) is 14.5 Å². The number of amides is 1. The van der Waals surface area contributed by atoms with Gasteiger partial charge in [0, 0.05) is 26.6 Å². The Hall–Kier alpha value is -2.40. The van der Waals surface area contributed by atoms with Crippen molar-refractivity contribution in [3.05, 3.63) is 48.0 Å². The van der Waals surface area contributed by atoms with E-state index in [2.05, 4.69) is 11.4 Å². The number of carboxylic acids is 1. The van der Waals surface area contributed by atoms with Gasteiger partial charge in [-0.2, -0.15) is 0 Å². The molecule has 23 heavy (non-hydrogen) atoms. The number of aliphatic carboxylic acids is 1. The van der Waals surface area contributed by atoms with Crippen molar-refractivity contribution < 1.29 is 14.7 Å². The van der Waals surface area contributed by atoms with Gasteiger partial charge in [-0.05, 0) is 29.3 Å². The summed E-state index contributed by atoms with van der Waals surface area (Å²) in [6, 6.07) is 13.6. The molecule has 0 aliphatic rings. The Morgan fingerprint density at radius 2 is 1.87 bits per heavy atom. The Kier molecular flexibility index (Phi) is 5.71. The van der Waals surface area contributed by atoms with Crippen molar-refractivity contribution in [1.29, 1.82) is 0 Å². The molecular weight excluding hydrogens is 292 g/mol. The van der Waals surface area contributed by atoms with Crippen LogP contribution in [0, 0.1) is 0 Å². The largest absolute Gasteiger partial charge is 0.480 e. The molecule has 0 heterocycles. The zero-order valence-corrected chi connectivity index (χ0v) is 13.5. The lowest BCUT2D eigenvalue weighted by Crippen LogP contribution is -2.42. The van der Waals surface area contributed by atoms with Crippen molar-refractivity contribution in [1.82, 2.24) is 10.2 Å². The Bertz CT molecular complexity index is 699. The summed E-state index contributed by atoms with van der Waals surface area (Å²) in [5.74, 6) is -0.979. The maximum atomic E-state index is 11.3. The number of nitrogens with one attached hydrogen (secondary N) is 1. The molecule has 5 heteroatoms. The van der Waals surface area contributed by atoms with E-state index in [4.69, 9.17) is 0 Å². The van der Waals surface area contributed by atoms with Crippen LogP contribution in [0.25, 0.3) is 10.8 Å². The van der Waals surface area contributed by atoms with Crippen LogP contribution in [0.15, 0.2) is 42.5 Å². The highest BCUT2D eigenvalue weighted by atomic mass is 16.4. The molecule has 0 aliphatic carbocycles. The molecule has 0 bridgehead atoms. The lowest BCUT2D eigenvalue weighted by Gasteiger charge is -2.26. The molecule has 1 unspecified atom stereocenters. The Morgan fingerprint density at radius 1 is 1.17 bits per heavy atom. The van der Waals surface area contributed by atoms with Gasteiger partial charge in [-0.25, -0.2) is 0 Å². The van der Waals surface area contributed by atoms with Crippen molar-refractivity contribution in [2.45, 2.75) is 26.4 Å². The van der Waals surface area contributed by atoms with Crippen molar-refractivity contribution in [2.24, 2.45) is 0 Å². The van der Waals surface area contributed by atoms with Crippen LogP contribution in [-0.2, 0) is 16.1 Å². The Balaban J connectivity index is 2.13. The average Bonchev–Trinajstić information content (AvgIpc) is 2.52. The minimum Gasteiger partial charge on any atom is -0.480 e. The zero-order valence-electron chi connectivity index (χ0n) is 13.5. The van der Waals surface area contributed by atoms with Crippen LogP contribution in [0.1, 0.15) is 19.4 Å². The molecule has 0 fully saturated rings. The molecule has 0 aliphatic heterocycles. The van der Waals surface area contributed by atoms with E-state index < -0.39 is 12.0 Å². The molecule has 1 atom stereocenters. The summed E-state index contributed by atoms with van der Waals surface area (Å²) < 4.78 is 0. The summed E-state index contributed by atoms with van der Waals surface area (Å²) in [6.45, 7) is 4.56. The maximum Gasteiger partial charge on any atom is 0.320 e. The molecule has 2 N–H and O–H groups in total. The summed E-state index contributed by atoms with van der Waals surface area (Å²) in [5, 5.41) is 14.3. The van der Waals surface area contributed by atoms with E-state index in [0.29, 0.717) is 19.6 Å². The highest BCUT2D eigenvalue weighted by Crippen LogP contribution is 2.17. The third kappa shape index (κ3) is 4.79. The lowest BCUT2D eigenvalue weighted by atomic mass is 10.1. The van der Waals surface area contributed by atoms with E-state index >= 15 is 0 Å². The molecule has 122 valence electrons. The van der Waals surface area contributed by atoms with Gasteiger partial charge in [-0.1, -0.05) is 36.4 Å². The van der Waals surface area contributed by atoms with Crippen LogP contribution in [0.5, 0.6) is 0 Å². The summed E-state index contributed by atoms with van der Waals surface area (Å²) in [7, 11) is 0. The SMILES string of the molecule is CC(=O)NCCN(Cc1ccc2ccccc2c1)C(C)C(=O)O. The van der Waals surface area contributed by atoms with Gasteiger partial charge in [0.15, 0.2) is 0 Å². The molecule has 2 aromatic rings. The predicted octanol–water partition coefficient (Wildman–Crippen LogP) is 2.25. The third-order valence-electron chi connectivity index (χ3n) is 3.88. The molecule has 0 saturated heterocycles. The van der Waals surface area contributed by atoms with Crippen molar-refractivity contribution in [3.8, 4) is 0 Å². The quantitative estimate of drug-likeness (QED) is 0.822. The van der Waals surface area contributed by atoms with Crippen molar-refractivity contribution >= 4 is 22.6 Å². The monoisotopic (exact) mass is 314 g/mol. The van der Waals surface area contributed by atoms with E-state index in [9.17, 15) is 14.7 Å². The molecule has 1 amide bonds. The van der Waals surface area contributed by atoms with Crippen molar-refractivity contribution in [2.75, 3.05) is 13.1 Å². The number of hydrogen-bond acceptors (Lipinski definition) is 3. The third-order valence-corrected chi connectivity index (χ3v) is 3.88. The number of hydrogen-bond donors (Lipinski definition) is 2. The molecule has 0 radical (unpaired) electrons. The summed E-state index contributed by atoms with van der Waals surface area (Å²) >= 11 is 0. The molecule has 5 nitrogen and oxygen atoms in total. The van der Waals surface area contributed by atoms with E-state index in [1.807, 2.05) is 41.3 Å². The fourth-order valence-electron chi connectivity index (χ4n) is 2.51. The van der Waals surface area contributed by atoms with E-state index in [0.717, 1.165) is 16.3 Å². The fraction of sp³-hybridized carbons (Fsp3) is 0.333. The van der Waals surface area contributed by atoms with Gasteiger partial charge in [0.2, 0.25) is 5.91 Å². The topological polar surface area (TPSA) is 69.6 Å². The highest BCUT2D eigenvalue weighted by molar-refractivity contribution is 5.83. The first-order chi connectivity index (χ1) is 11.0. The van der Waals surface area contributed by atoms with E-state index in [1.54, 1.807) is 6.92 Å². The first-order valence-electron chi connectivity index (χ1n) is 7.66. The van der Waals surface area contributed by atoms with Crippen LogP contribution < -0.4 is 5.32 Å². The maximum absolute atomic E-state index is 11.3. The molecular formula is C18H22N2O3. The smallest absolute Gasteiger partial charge is 0.320 e. The van der Waals surface area contributed by atoms with Crippen LogP contribution in [-0.4, -0.2) is 41.0 Å². The van der Waals surface area contributed by atoms with E-state index in [-0.39, 0.29) is 5.91 Å². The highest BCUT2D eigenvalue weighted by Gasteiger charge is 2.20. The fourth-order valence-corrected chi connectivity index (χ4v) is 2.51. The second-order valence-electron chi connectivity index (χ2n) is 5.65. The summed E-state index contributed by atoms with van der Waals surface area (Å²) in [6.07, 6.45) is 0. The molecule has 0 aromatic heterocycles. The first-order valence-corrected chi connectivity index (χ1v) is 7.66. The zero-order chi connectivity index (χ0) is 16.8. The molecule has 2 rings (SSSR count). The van der Waals surface area contributed by atoms with Gasteiger partial charge in [-0.15, -0.1) is 0 Å². The number of carboxylic acid groups (broad SMARTS) is 1. The Morgan fingerprint density at radius 3 is 2.52 bits per heavy atom. The number of rotatable bonds is 7. The molecule has 0 saturated carbocycles. The minimum absolute atomic E-state index is 0.112. The van der Waals surface area contributed by atoms with Gasteiger partial charge >= 0.3 is 5.97 Å². The van der Waals surface area contributed by atoms with Gasteiger partial charge in [0.05, 0.1) is 0 Å². The summed E-state index contributed by atoms with van der Waals surface area (Å²) in [4.78, 5) is 24.1. The number of nitrogens with zero attached hydrogens (tertiary/aromatic N) is 1. The van der Waals surface area contributed by atoms with E-state index in [1.165, 1.54) is 6.92 Å². The first kappa shape index (κ1) is 17.0. The van der Waals surface area contributed by atoms with Crippen LogP contribution >= 0.6 is 0 Å². The van der Waals surface area contributed by atoms with Gasteiger partial charge in [0.1, 0.15) is 6.04 Å². The number of carbonyl (C=O) groups excluding carboxylic acids is 1. The van der Waals surface area contributed by atoms with Gasteiger partial charge in [0.25, 0.3) is 0 Å². The van der Waals surface area contributed by atoms with Crippen molar-refractivity contribution in [3.63, 3.8) is 0 Å². The van der Waals surface area contributed by atoms with Crippen LogP contribution in [0.2, 0.25) is 0 Å². The minimum atomic E-state index is -0.867. The van der Waals surface area contributed by atoms with Crippen LogP contribution in [0.4, 0.5) is 0 Å². The Labute approximate surface area is 135 Å². The standard InChI is InChI=1S/C18H22N2O3/c1-13(18(22)23)20(10-9-19-14(2)21)12-15-7-8-16-5-3-4-6-17(16)11-15/h3-8,11,13H,9-10,12H2,1-2H3,(H,19,21)(H,22,23). The van der Waals surface area contributed by atoms with Crippen LogP contribution in [0.3, 0.4) is 0 Å². The summed E-state index contributed by atoms with van der Waals surface area (Å²) in [5.41, 5.74) is 1.06. The normalized spacial score (nSPS) is 12.3. The lowest BCUT2D eigenvalue weighted by molar-refractivity contribution is -0.142. The second kappa shape index (κ2) is 7.74. The van der Waals surface area contributed by atoms with Gasteiger partial charge < -0.3 is 10.4 Å². The number of carbonyl (C=O) groups is 2. The number of benzene rings is 2. The molecule has 0 spiro atoms. The molecule has 2 aromatic carbocycles. The number of fused-ring (bicyclic) bond motifs is 1. The predicted molar refractivity (Wildman–Crippen MR) is 90.1 cm³/mol. The average molecular weight is 314 g/mol.